The molecule has 4 rings (SSSR count). The third-order valence-corrected chi connectivity index (χ3v) is 3.88. The van der Waals surface area contributed by atoms with Crippen LogP contribution in [0.5, 0.6) is 0 Å². The Hall–Kier alpha value is -3.10. The van der Waals surface area contributed by atoms with Gasteiger partial charge in [0, 0.05) is 19.7 Å². The zero-order chi connectivity index (χ0) is 17.8. The molecular formula is C16H12F3N5O. The maximum absolute atomic E-state index is 12.9. The number of oxazole rings is 1. The number of benzene rings is 1. The molecule has 0 aliphatic heterocycles. The summed E-state index contributed by atoms with van der Waals surface area (Å²) < 4.78 is 46.2. The molecule has 1 aromatic carbocycles. The van der Waals surface area contributed by atoms with Crippen LogP contribution < -0.4 is 5.32 Å². The SMILES string of the molecule is CNc1nc2oc(-c3cccc(C(F)(F)F)c3)nc2c2c1ncn2C. The van der Waals surface area contributed by atoms with E-state index in [1.54, 1.807) is 25.0 Å². The van der Waals surface area contributed by atoms with Crippen molar-refractivity contribution >= 4 is 28.1 Å². The van der Waals surface area contributed by atoms with Gasteiger partial charge in [-0.15, -0.1) is 0 Å². The van der Waals surface area contributed by atoms with Crippen LogP contribution in [0, 0.1) is 0 Å². The van der Waals surface area contributed by atoms with Gasteiger partial charge in [0.1, 0.15) is 11.0 Å². The molecule has 4 aromatic rings. The van der Waals surface area contributed by atoms with Crippen molar-refractivity contribution in [3.05, 3.63) is 36.2 Å². The van der Waals surface area contributed by atoms with Gasteiger partial charge in [-0.25, -0.2) is 9.97 Å². The Kier molecular flexibility index (Phi) is 3.21. The van der Waals surface area contributed by atoms with Gasteiger partial charge in [0.15, 0.2) is 11.3 Å². The largest absolute Gasteiger partial charge is 0.418 e. The van der Waals surface area contributed by atoms with Gasteiger partial charge in [-0.2, -0.15) is 18.2 Å². The fourth-order valence-electron chi connectivity index (χ4n) is 2.71. The number of imidazole rings is 1. The predicted molar refractivity (Wildman–Crippen MR) is 86.1 cm³/mol. The number of hydrogen-bond acceptors (Lipinski definition) is 5. The molecular weight excluding hydrogens is 335 g/mol. The summed E-state index contributed by atoms with van der Waals surface area (Å²) in [7, 11) is 3.50. The molecule has 0 atom stereocenters. The van der Waals surface area contributed by atoms with Crippen LogP contribution in [0.25, 0.3) is 33.7 Å². The van der Waals surface area contributed by atoms with Gasteiger partial charge in [0.25, 0.3) is 5.71 Å². The first-order valence-electron chi connectivity index (χ1n) is 7.35. The molecule has 0 saturated carbocycles. The monoisotopic (exact) mass is 347 g/mol. The van der Waals surface area contributed by atoms with Crippen molar-refractivity contribution in [3.8, 4) is 11.5 Å². The lowest BCUT2D eigenvalue weighted by Crippen LogP contribution is -2.04. The number of alkyl halides is 3. The predicted octanol–water partition coefficient (Wildman–Crippen LogP) is 3.84. The molecule has 0 amide bonds. The van der Waals surface area contributed by atoms with Crippen molar-refractivity contribution in [1.82, 2.24) is 19.5 Å². The molecule has 6 nitrogen and oxygen atoms in total. The van der Waals surface area contributed by atoms with E-state index in [0.29, 0.717) is 22.4 Å². The van der Waals surface area contributed by atoms with Crippen molar-refractivity contribution in [3.63, 3.8) is 0 Å². The molecule has 3 aromatic heterocycles. The van der Waals surface area contributed by atoms with Crippen molar-refractivity contribution in [1.29, 1.82) is 0 Å². The van der Waals surface area contributed by atoms with Gasteiger partial charge in [0.05, 0.1) is 11.9 Å². The number of fused-ring (bicyclic) bond motifs is 3. The van der Waals surface area contributed by atoms with Crippen molar-refractivity contribution in [2.75, 3.05) is 12.4 Å². The van der Waals surface area contributed by atoms with E-state index in [4.69, 9.17) is 4.42 Å². The number of halogens is 3. The smallest absolute Gasteiger partial charge is 0.416 e. The van der Waals surface area contributed by atoms with Crippen LogP contribution in [0.1, 0.15) is 5.56 Å². The zero-order valence-electron chi connectivity index (χ0n) is 13.2. The maximum atomic E-state index is 12.9. The molecule has 0 fully saturated rings. The minimum atomic E-state index is -4.44. The molecule has 1 N–H and O–H groups in total. The number of anilines is 1. The van der Waals surface area contributed by atoms with E-state index in [1.165, 1.54) is 12.1 Å². The second-order valence-electron chi connectivity index (χ2n) is 5.51. The highest BCUT2D eigenvalue weighted by atomic mass is 19.4. The van der Waals surface area contributed by atoms with Crippen molar-refractivity contribution in [2.24, 2.45) is 7.05 Å². The lowest BCUT2D eigenvalue weighted by molar-refractivity contribution is -0.137. The zero-order valence-corrected chi connectivity index (χ0v) is 13.2. The van der Waals surface area contributed by atoms with E-state index in [0.717, 1.165) is 12.1 Å². The van der Waals surface area contributed by atoms with Crippen LogP contribution in [-0.4, -0.2) is 26.6 Å². The second-order valence-corrected chi connectivity index (χ2v) is 5.51. The first kappa shape index (κ1) is 15.4. The van der Waals surface area contributed by atoms with Crippen LogP contribution in [0.3, 0.4) is 0 Å². The molecule has 0 aliphatic carbocycles. The van der Waals surface area contributed by atoms with Crippen LogP contribution in [-0.2, 0) is 13.2 Å². The molecule has 25 heavy (non-hydrogen) atoms. The summed E-state index contributed by atoms with van der Waals surface area (Å²) in [6, 6.07) is 4.84. The molecule has 0 radical (unpaired) electrons. The molecule has 0 bridgehead atoms. The highest BCUT2D eigenvalue weighted by molar-refractivity contribution is 6.03. The molecule has 3 heterocycles. The molecule has 0 spiro atoms. The fraction of sp³-hybridized carbons (Fsp3) is 0.188. The standard InChI is InChI=1S/C16H12F3N5O/c1-20-13-10-12(24(2)7-21-10)11-15(23-13)25-14(22-11)8-4-3-5-9(6-8)16(17,18)19/h3-7H,1-2H3,(H,20,23). The van der Waals surface area contributed by atoms with Gasteiger partial charge >= 0.3 is 6.18 Å². The first-order valence-corrected chi connectivity index (χ1v) is 7.35. The highest BCUT2D eigenvalue weighted by Gasteiger charge is 2.31. The number of pyridine rings is 1. The average molecular weight is 347 g/mol. The Labute approximate surface area is 139 Å². The summed E-state index contributed by atoms with van der Waals surface area (Å²) in [4.78, 5) is 12.9. The Balaban J connectivity index is 1.96. The summed E-state index contributed by atoms with van der Waals surface area (Å²) in [6.07, 6.45) is -2.82. The first-order chi connectivity index (χ1) is 11.9. The fourth-order valence-corrected chi connectivity index (χ4v) is 2.71. The van der Waals surface area contributed by atoms with E-state index < -0.39 is 11.7 Å². The van der Waals surface area contributed by atoms with Crippen molar-refractivity contribution in [2.45, 2.75) is 6.18 Å². The third-order valence-electron chi connectivity index (χ3n) is 3.88. The Morgan fingerprint density at radius 2 is 1.96 bits per heavy atom. The van der Waals surface area contributed by atoms with Gasteiger partial charge in [-0.05, 0) is 18.2 Å². The number of nitrogens with zero attached hydrogens (tertiary/aromatic N) is 4. The number of aryl methyl sites for hydroxylation is 1. The number of rotatable bonds is 2. The van der Waals surface area contributed by atoms with Crippen molar-refractivity contribution < 1.29 is 17.6 Å². The topological polar surface area (TPSA) is 68.8 Å². The third kappa shape index (κ3) is 2.39. The minimum Gasteiger partial charge on any atom is -0.418 e. The summed E-state index contributed by atoms with van der Waals surface area (Å²) in [5, 5.41) is 2.93. The van der Waals surface area contributed by atoms with Gasteiger partial charge in [-0.1, -0.05) is 6.07 Å². The van der Waals surface area contributed by atoms with Gasteiger partial charge in [0.2, 0.25) is 5.89 Å². The number of hydrogen-bond donors (Lipinski definition) is 1. The summed E-state index contributed by atoms with van der Waals surface area (Å²) >= 11 is 0. The van der Waals surface area contributed by atoms with Crippen LogP contribution in [0.4, 0.5) is 19.0 Å². The van der Waals surface area contributed by atoms with Crippen LogP contribution in [0.15, 0.2) is 35.0 Å². The molecule has 128 valence electrons. The minimum absolute atomic E-state index is 0.0735. The Bertz CT molecular complexity index is 1100. The maximum Gasteiger partial charge on any atom is 0.416 e. The normalized spacial score (nSPS) is 12.2. The highest BCUT2D eigenvalue weighted by Crippen LogP contribution is 2.34. The second kappa shape index (κ2) is 5.20. The average Bonchev–Trinajstić information content (AvgIpc) is 3.17. The van der Waals surface area contributed by atoms with E-state index in [1.807, 2.05) is 0 Å². The van der Waals surface area contributed by atoms with Crippen LogP contribution >= 0.6 is 0 Å². The molecule has 0 aliphatic rings. The Morgan fingerprint density at radius 3 is 2.68 bits per heavy atom. The van der Waals surface area contributed by atoms with Crippen LogP contribution in [0.2, 0.25) is 0 Å². The quantitative estimate of drug-likeness (QED) is 0.597. The Morgan fingerprint density at radius 1 is 1.16 bits per heavy atom. The van der Waals surface area contributed by atoms with Gasteiger partial charge in [-0.3, -0.25) is 0 Å². The van der Waals surface area contributed by atoms with Gasteiger partial charge < -0.3 is 14.3 Å². The lowest BCUT2D eigenvalue weighted by atomic mass is 10.1. The number of nitrogens with one attached hydrogen (secondary N) is 1. The lowest BCUT2D eigenvalue weighted by Gasteiger charge is -2.06. The van der Waals surface area contributed by atoms with E-state index in [2.05, 4.69) is 20.3 Å². The van der Waals surface area contributed by atoms with E-state index in [-0.39, 0.29) is 17.2 Å². The van der Waals surface area contributed by atoms with E-state index in [9.17, 15) is 13.2 Å². The summed E-state index contributed by atoms with van der Waals surface area (Å²) in [5.41, 5.74) is 1.45. The molecule has 0 saturated heterocycles. The molecule has 0 unspecified atom stereocenters. The summed E-state index contributed by atoms with van der Waals surface area (Å²) in [6.45, 7) is 0. The summed E-state index contributed by atoms with van der Waals surface area (Å²) in [5.74, 6) is 0.583. The molecule has 9 heteroatoms. The number of aromatic nitrogens is 4. The van der Waals surface area contributed by atoms with E-state index >= 15 is 0 Å².